The summed E-state index contributed by atoms with van der Waals surface area (Å²) in [4.78, 5) is 78.7. The average Bonchev–Trinajstić information content (AvgIpc) is 3.66. The topological polar surface area (TPSA) is 142 Å². The van der Waals surface area contributed by atoms with E-state index in [0.29, 0.717) is 60.3 Å². The Morgan fingerprint density at radius 2 is 1.19 bits per heavy atom. The molecule has 10 rings (SSSR count). The van der Waals surface area contributed by atoms with Gasteiger partial charge in [0, 0.05) is 59.2 Å². The third kappa shape index (κ3) is 6.13. The first kappa shape index (κ1) is 37.8. The Morgan fingerprint density at radius 3 is 1.60 bits per heavy atom. The molecule has 4 aromatic rings. The van der Waals surface area contributed by atoms with E-state index in [4.69, 9.17) is 14.7 Å². The number of thiazole rings is 2. The van der Waals surface area contributed by atoms with E-state index in [-0.39, 0.29) is 47.0 Å². The summed E-state index contributed by atoms with van der Waals surface area (Å²) in [5.41, 5.74) is 2.78. The van der Waals surface area contributed by atoms with Crippen LogP contribution in [0.1, 0.15) is 96.4 Å². The molecule has 0 radical (unpaired) electrons. The van der Waals surface area contributed by atoms with Gasteiger partial charge in [-0.05, 0) is 108 Å². The maximum Gasteiger partial charge on any atom is 0.410 e. The van der Waals surface area contributed by atoms with Gasteiger partial charge in [0.05, 0.1) is 22.3 Å². The number of aromatic nitrogens is 2. The van der Waals surface area contributed by atoms with Gasteiger partial charge in [-0.2, -0.15) is 0 Å². The first-order valence-electron chi connectivity index (χ1n) is 19.7. The van der Waals surface area contributed by atoms with Crippen LogP contribution in [0.4, 0.5) is 4.79 Å². The molecule has 0 bridgehead atoms. The summed E-state index contributed by atoms with van der Waals surface area (Å²) in [7, 11) is 0. The van der Waals surface area contributed by atoms with Gasteiger partial charge in [-0.1, -0.05) is 24.3 Å². The van der Waals surface area contributed by atoms with E-state index in [2.05, 4.69) is 10.7 Å². The van der Waals surface area contributed by atoms with Crippen molar-refractivity contribution in [3.05, 3.63) is 103 Å². The number of carbonyl (C=O) groups excluding carboxylic acids is 5. The fourth-order valence-electron chi connectivity index (χ4n) is 10.0. The predicted octanol–water partition coefficient (Wildman–Crippen LogP) is 6.10. The van der Waals surface area contributed by atoms with Crippen LogP contribution in [-0.4, -0.2) is 99.3 Å². The van der Waals surface area contributed by atoms with Crippen molar-refractivity contribution < 1.29 is 28.7 Å². The van der Waals surface area contributed by atoms with Crippen LogP contribution in [-0.2, 0) is 15.6 Å². The summed E-state index contributed by atoms with van der Waals surface area (Å²) in [6.07, 6.45) is 1.56. The predicted molar refractivity (Wildman–Crippen MR) is 215 cm³/mol. The van der Waals surface area contributed by atoms with Crippen molar-refractivity contribution in [3.8, 4) is 0 Å². The van der Waals surface area contributed by atoms with Gasteiger partial charge in [-0.3, -0.25) is 29.0 Å². The summed E-state index contributed by atoms with van der Waals surface area (Å²) in [5.74, 6) is 0.556. The normalized spacial score (nSPS) is 28.3. The van der Waals surface area contributed by atoms with Crippen LogP contribution in [0.5, 0.6) is 0 Å². The number of likely N-dealkylation sites (tertiary alicyclic amines) is 1. The van der Waals surface area contributed by atoms with Crippen LogP contribution >= 0.6 is 22.7 Å². The SMILES string of the molecule is Cc1csc([C@@]2(CN3C(=O)c4ccccc4C3=O)[C@@H]3CCN(C(=O)OC(C)(C)C)C[C@@H]32)n1.Cc1csc([C@@]2(CN3C(=O)c4ccccc4C3=O)[C@@H]3CCNC[C@@H]32)n1. The summed E-state index contributed by atoms with van der Waals surface area (Å²) in [6.45, 7) is 13.4. The molecule has 5 amide bonds. The highest BCUT2D eigenvalue weighted by Gasteiger charge is 2.70. The number of nitrogens with one attached hydrogen (secondary N) is 1. The summed E-state index contributed by atoms with van der Waals surface area (Å²) in [6, 6.07) is 14.1. The van der Waals surface area contributed by atoms with E-state index in [0.717, 1.165) is 47.3 Å². The van der Waals surface area contributed by atoms with E-state index < -0.39 is 11.0 Å². The molecular weight excluding hydrogens is 761 g/mol. The second kappa shape index (κ2) is 13.7. The van der Waals surface area contributed by atoms with E-state index in [1.54, 1.807) is 64.0 Å². The van der Waals surface area contributed by atoms with Gasteiger partial charge in [-0.25, -0.2) is 14.8 Å². The minimum absolute atomic E-state index is 0.138. The molecule has 57 heavy (non-hydrogen) atoms. The van der Waals surface area contributed by atoms with Crippen LogP contribution < -0.4 is 5.32 Å². The Hall–Kier alpha value is -4.79. The van der Waals surface area contributed by atoms with Crippen molar-refractivity contribution in [1.82, 2.24) is 30.0 Å². The Balaban J connectivity index is 0.000000153. The molecular formula is C43H46N6O6S2. The monoisotopic (exact) mass is 806 g/mol. The van der Waals surface area contributed by atoms with Crippen molar-refractivity contribution in [2.24, 2.45) is 23.7 Å². The molecule has 6 heterocycles. The maximum absolute atomic E-state index is 13.1. The first-order valence-corrected chi connectivity index (χ1v) is 21.4. The first-order chi connectivity index (χ1) is 27.2. The number of ether oxygens (including phenoxy) is 1. The van der Waals surface area contributed by atoms with Crippen molar-refractivity contribution in [1.29, 1.82) is 0 Å². The lowest BCUT2D eigenvalue weighted by Gasteiger charge is -2.29. The molecule has 2 aliphatic carbocycles. The zero-order valence-corrected chi connectivity index (χ0v) is 34.4. The highest BCUT2D eigenvalue weighted by molar-refractivity contribution is 7.10. The largest absolute Gasteiger partial charge is 0.444 e. The lowest BCUT2D eigenvalue weighted by atomic mass is 10.0. The molecule has 6 atom stereocenters. The number of nitrogens with zero attached hydrogens (tertiary/aromatic N) is 5. The number of imide groups is 2. The molecule has 14 heteroatoms. The summed E-state index contributed by atoms with van der Waals surface area (Å²) < 4.78 is 5.59. The zero-order chi connectivity index (χ0) is 40.0. The minimum Gasteiger partial charge on any atom is -0.444 e. The average molecular weight is 807 g/mol. The molecule has 2 saturated carbocycles. The summed E-state index contributed by atoms with van der Waals surface area (Å²) >= 11 is 3.25. The Morgan fingerprint density at radius 1 is 0.737 bits per heavy atom. The van der Waals surface area contributed by atoms with Crippen molar-refractivity contribution in [3.63, 3.8) is 0 Å². The number of amides is 5. The smallest absolute Gasteiger partial charge is 0.410 e. The number of benzene rings is 2. The quantitative estimate of drug-likeness (QED) is 0.229. The highest BCUT2D eigenvalue weighted by Crippen LogP contribution is 2.65. The molecule has 4 fully saturated rings. The standard InChI is InChI=1S/C24H27N3O4S.C19H19N3O2S/c1-14-12-32-21(25-14)24(13-27-19(28)15-7-5-6-8-16(15)20(27)29)17-9-10-26(11-18(17)24)22(30)31-23(2,3)4;1-11-9-25-18(21-11)19(14-6-7-20-8-15(14)19)10-22-16(23)12-4-2-3-5-13(12)17(22)24/h5-8,12,17-18H,9-11,13H2,1-4H3;2-5,9,14-15,20H,6-8,10H2,1H3/t17-,18+,24+;14-,15+,19+/m11/s1. The van der Waals surface area contributed by atoms with Gasteiger partial charge in [0.1, 0.15) is 15.6 Å². The van der Waals surface area contributed by atoms with Crippen molar-refractivity contribution in [2.75, 3.05) is 39.3 Å². The minimum atomic E-state index is -0.554. The number of hydrogen-bond donors (Lipinski definition) is 1. The van der Waals surface area contributed by atoms with Crippen molar-refractivity contribution >= 4 is 52.4 Å². The molecule has 2 aromatic heterocycles. The van der Waals surface area contributed by atoms with Gasteiger partial charge in [0.2, 0.25) is 0 Å². The lowest BCUT2D eigenvalue weighted by Crippen LogP contribution is -2.41. The maximum atomic E-state index is 13.1. The van der Waals surface area contributed by atoms with Gasteiger partial charge in [0.25, 0.3) is 23.6 Å². The zero-order valence-electron chi connectivity index (χ0n) is 32.7. The van der Waals surface area contributed by atoms with Gasteiger partial charge >= 0.3 is 6.09 Å². The van der Waals surface area contributed by atoms with Crippen molar-refractivity contribution in [2.45, 2.75) is 63.9 Å². The van der Waals surface area contributed by atoms with Crippen LogP contribution in [0, 0.1) is 37.5 Å². The highest BCUT2D eigenvalue weighted by atomic mass is 32.1. The third-order valence-corrected chi connectivity index (χ3v) is 15.1. The second-order valence-electron chi connectivity index (χ2n) is 17.3. The number of fused-ring (bicyclic) bond motifs is 4. The Labute approximate surface area is 339 Å². The molecule has 296 valence electrons. The number of rotatable bonds is 6. The molecule has 2 aromatic carbocycles. The fraction of sp³-hybridized carbons (Fsp3) is 0.465. The molecule has 6 aliphatic rings. The van der Waals surface area contributed by atoms with Crippen LogP contribution in [0.25, 0.3) is 0 Å². The number of piperidine rings is 2. The molecule has 1 N–H and O–H groups in total. The van der Waals surface area contributed by atoms with Gasteiger partial charge in [-0.15, -0.1) is 22.7 Å². The number of aryl methyl sites for hydroxylation is 2. The fourth-order valence-corrected chi connectivity index (χ4v) is 12.3. The Kier molecular flexibility index (Phi) is 9.05. The van der Waals surface area contributed by atoms with Crippen LogP contribution in [0.2, 0.25) is 0 Å². The summed E-state index contributed by atoms with van der Waals surface area (Å²) in [5, 5.41) is 9.57. The number of hydrogen-bond acceptors (Lipinski definition) is 11. The number of carbonyl (C=O) groups is 5. The van der Waals surface area contributed by atoms with Gasteiger partial charge in [0.15, 0.2) is 0 Å². The molecule has 12 nitrogen and oxygen atoms in total. The Bertz CT molecular complexity index is 2250. The third-order valence-electron chi connectivity index (χ3n) is 12.8. The van der Waals surface area contributed by atoms with Gasteiger partial charge < -0.3 is 15.0 Å². The van der Waals surface area contributed by atoms with Crippen LogP contribution in [0.15, 0.2) is 59.3 Å². The van der Waals surface area contributed by atoms with E-state index in [1.165, 1.54) is 9.80 Å². The molecule has 0 unspecified atom stereocenters. The van der Waals surface area contributed by atoms with E-state index >= 15 is 0 Å². The van der Waals surface area contributed by atoms with E-state index in [1.807, 2.05) is 52.1 Å². The molecule has 4 aliphatic heterocycles. The lowest BCUT2D eigenvalue weighted by molar-refractivity contribution is 0.0205. The van der Waals surface area contributed by atoms with Crippen LogP contribution in [0.3, 0.4) is 0 Å². The molecule has 2 saturated heterocycles. The van der Waals surface area contributed by atoms with E-state index in [9.17, 15) is 24.0 Å². The second-order valence-corrected chi connectivity index (χ2v) is 19.0. The molecule has 0 spiro atoms.